The van der Waals surface area contributed by atoms with Gasteiger partial charge < -0.3 is 30.1 Å². The van der Waals surface area contributed by atoms with Crippen LogP contribution in [-0.2, 0) is 30.9 Å². The lowest BCUT2D eigenvalue weighted by atomic mass is 10.1. The van der Waals surface area contributed by atoms with E-state index in [4.69, 9.17) is 25.9 Å². The lowest BCUT2D eigenvalue weighted by Gasteiger charge is -2.27. The first kappa shape index (κ1) is 36.8. The zero-order valence-electron chi connectivity index (χ0n) is 31.0. The maximum Gasteiger partial charge on any atom is 0.276 e. The second-order valence-corrected chi connectivity index (χ2v) is 13.3. The van der Waals surface area contributed by atoms with Gasteiger partial charge in [0.05, 0.1) is 41.2 Å². The molecule has 6 aromatic rings. The highest BCUT2D eigenvalue weighted by Crippen LogP contribution is 2.33. The van der Waals surface area contributed by atoms with E-state index in [-0.39, 0.29) is 23.5 Å². The van der Waals surface area contributed by atoms with E-state index in [1.807, 2.05) is 36.8 Å². The molecule has 6 N–H and O–H groups in total. The number of unbranched alkanes of at least 4 members (excludes halogenated alkanes) is 1. The molecule has 5 heterocycles. The molecule has 286 valence electrons. The van der Waals surface area contributed by atoms with Crippen LogP contribution >= 0.6 is 0 Å². The van der Waals surface area contributed by atoms with Crippen molar-refractivity contribution in [3.8, 4) is 5.75 Å². The summed E-state index contributed by atoms with van der Waals surface area (Å²) in [6.07, 6.45) is 0.921. The molecule has 0 bridgehead atoms. The Morgan fingerprint density at radius 1 is 0.764 bits per heavy atom. The SMILES string of the molecule is CCn1nc(C)cc1C(=O)Nc1nc2cc(C(N)=O)ccc2n1CCCCn1c(NC(=O)c2cc(C)nn2CC)nc2cc(C(N)=O)cc(OC3COC3)c21. The monoisotopic (exact) mass is 750 g/mol. The molecule has 18 nitrogen and oxygen atoms in total. The fraction of sp³-hybridized carbons (Fsp3) is 0.351. The van der Waals surface area contributed by atoms with Gasteiger partial charge in [-0.25, -0.2) is 9.97 Å². The Hall–Kier alpha value is -6.56. The first-order valence-electron chi connectivity index (χ1n) is 18.0. The maximum atomic E-state index is 13.6. The molecule has 0 radical (unpaired) electrons. The molecule has 1 aliphatic rings. The van der Waals surface area contributed by atoms with Crippen molar-refractivity contribution in [3.05, 3.63) is 76.4 Å². The smallest absolute Gasteiger partial charge is 0.276 e. The minimum Gasteiger partial charge on any atom is -0.483 e. The number of primary amides is 2. The van der Waals surface area contributed by atoms with E-state index in [9.17, 15) is 19.2 Å². The van der Waals surface area contributed by atoms with Crippen LogP contribution in [0.3, 0.4) is 0 Å². The molecule has 7 rings (SSSR count). The Balaban J connectivity index is 1.20. The van der Waals surface area contributed by atoms with Gasteiger partial charge in [0.15, 0.2) is 0 Å². The second kappa shape index (κ2) is 15.1. The van der Waals surface area contributed by atoms with Crippen LogP contribution in [0.1, 0.15) is 79.8 Å². The maximum absolute atomic E-state index is 13.6. The summed E-state index contributed by atoms with van der Waals surface area (Å²) < 4.78 is 18.6. The minimum atomic E-state index is -0.647. The highest BCUT2D eigenvalue weighted by molar-refractivity contribution is 6.05. The third-order valence-electron chi connectivity index (χ3n) is 9.36. The average Bonchev–Trinajstić information content (AvgIpc) is 3.90. The quantitative estimate of drug-likeness (QED) is 0.112. The van der Waals surface area contributed by atoms with Crippen LogP contribution in [0.5, 0.6) is 5.75 Å². The Morgan fingerprint density at radius 2 is 1.31 bits per heavy atom. The van der Waals surface area contributed by atoms with Gasteiger partial charge in [0.1, 0.15) is 28.8 Å². The number of benzene rings is 2. The van der Waals surface area contributed by atoms with Gasteiger partial charge in [-0.1, -0.05) is 0 Å². The van der Waals surface area contributed by atoms with Gasteiger partial charge in [0.2, 0.25) is 23.7 Å². The number of imidazole rings is 2. The second-order valence-electron chi connectivity index (χ2n) is 13.3. The van der Waals surface area contributed by atoms with Gasteiger partial charge >= 0.3 is 0 Å². The zero-order chi connectivity index (χ0) is 39.0. The van der Waals surface area contributed by atoms with Crippen LogP contribution in [0.4, 0.5) is 11.9 Å². The van der Waals surface area contributed by atoms with E-state index in [1.165, 1.54) is 0 Å². The standard InChI is InChI=1S/C37H42N12O6/c1-5-48-28(13-20(3)44-48)34(52)42-36-40-25-15-22(32(38)50)9-10-27(25)46(36)11-7-8-12-47-31-26(16-23(33(39)51)17-30(31)55-24-18-54-19-24)41-37(47)43-35(53)29-14-21(4)45-49(29)6-2/h9-10,13-17,24H,5-8,11-12,18-19H2,1-4H3,(H2,38,50)(H2,39,51)(H,40,42,52)(H,41,43,53). The molecular weight excluding hydrogens is 708 g/mol. The van der Waals surface area contributed by atoms with Gasteiger partial charge in [-0.05, 0) is 83.0 Å². The lowest BCUT2D eigenvalue weighted by Crippen LogP contribution is -2.38. The van der Waals surface area contributed by atoms with E-state index in [1.54, 1.807) is 51.8 Å². The number of carbonyl (C=O) groups is 4. The first-order valence-corrected chi connectivity index (χ1v) is 18.0. The molecule has 0 saturated carbocycles. The molecule has 55 heavy (non-hydrogen) atoms. The number of nitrogens with one attached hydrogen (secondary N) is 2. The Morgan fingerprint density at radius 3 is 1.85 bits per heavy atom. The van der Waals surface area contributed by atoms with Crippen LogP contribution in [0, 0.1) is 13.8 Å². The number of hydrogen-bond donors (Lipinski definition) is 4. The number of rotatable bonds is 15. The van der Waals surface area contributed by atoms with Gasteiger partial charge in [-0.15, -0.1) is 0 Å². The number of fused-ring (bicyclic) bond motifs is 2. The number of carbonyl (C=O) groups excluding carboxylic acids is 4. The van der Waals surface area contributed by atoms with Crippen molar-refractivity contribution in [2.75, 3.05) is 23.8 Å². The van der Waals surface area contributed by atoms with Crippen molar-refractivity contribution >= 4 is 57.6 Å². The summed E-state index contributed by atoms with van der Waals surface area (Å²) in [7, 11) is 0. The van der Waals surface area contributed by atoms with Crippen LogP contribution in [-0.4, -0.2) is 81.6 Å². The number of amides is 4. The molecule has 1 saturated heterocycles. The van der Waals surface area contributed by atoms with Crippen LogP contribution < -0.4 is 26.8 Å². The predicted molar refractivity (Wildman–Crippen MR) is 202 cm³/mol. The number of aromatic nitrogens is 8. The van der Waals surface area contributed by atoms with E-state index < -0.39 is 17.7 Å². The molecule has 0 atom stereocenters. The average molecular weight is 751 g/mol. The molecule has 4 aromatic heterocycles. The molecule has 1 fully saturated rings. The normalized spacial score (nSPS) is 12.9. The fourth-order valence-corrected chi connectivity index (χ4v) is 6.65. The Kier molecular flexibility index (Phi) is 10.1. The molecule has 0 spiro atoms. The van der Waals surface area contributed by atoms with Crippen molar-refractivity contribution in [2.24, 2.45) is 11.5 Å². The summed E-state index contributed by atoms with van der Waals surface area (Å²) in [5.41, 5.74) is 16.1. The summed E-state index contributed by atoms with van der Waals surface area (Å²) in [5.74, 6) is -1.08. The summed E-state index contributed by atoms with van der Waals surface area (Å²) >= 11 is 0. The van der Waals surface area contributed by atoms with E-state index >= 15 is 0 Å². The lowest BCUT2D eigenvalue weighted by molar-refractivity contribution is -0.0792. The third kappa shape index (κ3) is 7.35. The van der Waals surface area contributed by atoms with E-state index in [0.29, 0.717) is 114 Å². The highest BCUT2D eigenvalue weighted by atomic mass is 16.6. The highest BCUT2D eigenvalue weighted by Gasteiger charge is 2.26. The van der Waals surface area contributed by atoms with Gasteiger partial charge in [-0.2, -0.15) is 10.2 Å². The summed E-state index contributed by atoms with van der Waals surface area (Å²) in [4.78, 5) is 60.9. The first-order chi connectivity index (χ1) is 26.4. The zero-order valence-corrected chi connectivity index (χ0v) is 31.0. The van der Waals surface area contributed by atoms with Gasteiger partial charge in [0.25, 0.3) is 11.8 Å². The van der Waals surface area contributed by atoms with Crippen molar-refractivity contribution in [2.45, 2.75) is 72.8 Å². The molecule has 2 aromatic carbocycles. The molecule has 18 heteroatoms. The van der Waals surface area contributed by atoms with Crippen LogP contribution in [0.25, 0.3) is 22.1 Å². The number of aryl methyl sites for hydroxylation is 6. The van der Waals surface area contributed by atoms with Crippen LogP contribution in [0.2, 0.25) is 0 Å². The Bertz CT molecular complexity index is 2470. The van der Waals surface area contributed by atoms with Gasteiger partial charge in [-0.3, -0.25) is 39.2 Å². The summed E-state index contributed by atoms with van der Waals surface area (Å²) in [6, 6.07) is 11.5. The predicted octanol–water partition coefficient (Wildman–Crippen LogP) is 3.40. The third-order valence-corrected chi connectivity index (χ3v) is 9.36. The number of hydrogen-bond acceptors (Lipinski definition) is 10. The van der Waals surface area contributed by atoms with Crippen molar-refractivity contribution in [1.82, 2.24) is 38.7 Å². The van der Waals surface area contributed by atoms with Gasteiger partial charge in [0, 0.05) is 37.3 Å². The number of ether oxygens (including phenoxy) is 2. The van der Waals surface area contributed by atoms with E-state index in [2.05, 4.69) is 25.8 Å². The minimum absolute atomic E-state index is 0.211. The largest absolute Gasteiger partial charge is 0.483 e. The summed E-state index contributed by atoms with van der Waals surface area (Å²) in [6.45, 7) is 10.0. The van der Waals surface area contributed by atoms with Crippen molar-refractivity contribution in [1.29, 1.82) is 0 Å². The molecule has 0 aliphatic carbocycles. The topological polar surface area (TPSA) is 234 Å². The van der Waals surface area contributed by atoms with Crippen molar-refractivity contribution < 1.29 is 28.7 Å². The molecule has 1 aliphatic heterocycles. The van der Waals surface area contributed by atoms with Crippen LogP contribution in [0.15, 0.2) is 42.5 Å². The number of anilines is 2. The molecule has 0 unspecified atom stereocenters. The fourth-order valence-electron chi connectivity index (χ4n) is 6.65. The molecular formula is C37H42N12O6. The molecule has 4 amide bonds. The number of nitrogens with zero attached hydrogens (tertiary/aromatic N) is 8. The Labute approximate surface area is 314 Å². The van der Waals surface area contributed by atoms with Crippen molar-refractivity contribution in [3.63, 3.8) is 0 Å². The summed E-state index contributed by atoms with van der Waals surface area (Å²) in [5, 5.41) is 14.7. The number of nitrogens with two attached hydrogens (primary N) is 2. The van der Waals surface area contributed by atoms with E-state index in [0.717, 1.165) is 0 Å².